The van der Waals surface area contributed by atoms with Gasteiger partial charge in [-0.3, -0.25) is 0 Å². The topological polar surface area (TPSA) is 8.17 Å². The molecule has 55 heavy (non-hydrogen) atoms. The molecule has 264 valence electrons. The van der Waals surface area contributed by atoms with E-state index in [1.165, 1.54) is 83.1 Å². The number of rotatable bonds is 6. The van der Waals surface area contributed by atoms with Crippen LogP contribution in [0.1, 0.15) is 36.1 Å². The van der Waals surface area contributed by atoms with Crippen molar-refractivity contribution < 1.29 is 0 Å². The highest BCUT2D eigenvalue weighted by molar-refractivity contribution is 6.10. The number of para-hydroxylation sites is 2. The van der Waals surface area contributed by atoms with Crippen LogP contribution in [0.4, 0.5) is 17.1 Å². The molecule has 1 aromatic heterocycles. The minimum atomic E-state index is -0.101. The average molecular weight is 707 g/mol. The van der Waals surface area contributed by atoms with Gasteiger partial charge in [-0.2, -0.15) is 0 Å². The Hall–Kier alpha value is -6.64. The molecule has 0 spiro atoms. The van der Waals surface area contributed by atoms with Crippen molar-refractivity contribution in [2.24, 2.45) is 0 Å². The van der Waals surface area contributed by atoms with Gasteiger partial charge in [-0.15, -0.1) is 0 Å². The van der Waals surface area contributed by atoms with Gasteiger partial charge >= 0.3 is 0 Å². The number of nitrogens with zero attached hydrogens (tertiary/aromatic N) is 2. The van der Waals surface area contributed by atoms with Crippen LogP contribution in [0.2, 0.25) is 0 Å². The fourth-order valence-electron chi connectivity index (χ4n) is 9.10. The summed E-state index contributed by atoms with van der Waals surface area (Å²) in [7, 11) is 0. The van der Waals surface area contributed by atoms with E-state index in [0.29, 0.717) is 0 Å². The Morgan fingerprint density at radius 1 is 0.418 bits per heavy atom. The Balaban J connectivity index is 1.10. The molecule has 0 saturated carbocycles. The van der Waals surface area contributed by atoms with Gasteiger partial charge in [0.15, 0.2) is 0 Å². The maximum atomic E-state index is 2.44. The van der Waals surface area contributed by atoms with Crippen molar-refractivity contribution in [1.82, 2.24) is 4.57 Å². The molecule has 0 amide bonds. The van der Waals surface area contributed by atoms with Crippen LogP contribution in [0.3, 0.4) is 0 Å². The van der Waals surface area contributed by atoms with E-state index in [1.807, 2.05) is 0 Å². The molecular formula is C53H42N2. The number of hydrogen-bond donors (Lipinski definition) is 0. The molecule has 0 saturated heterocycles. The molecule has 10 rings (SSSR count). The molecule has 0 fully saturated rings. The van der Waals surface area contributed by atoms with Crippen LogP contribution in [0.5, 0.6) is 0 Å². The van der Waals surface area contributed by atoms with Gasteiger partial charge in [-0.25, -0.2) is 0 Å². The number of aryl methyl sites for hydroxylation is 2. The van der Waals surface area contributed by atoms with Crippen LogP contribution in [-0.4, -0.2) is 4.57 Å². The van der Waals surface area contributed by atoms with Crippen LogP contribution in [0, 0.1) is 13.8 Å². The Kier molecular flexibility index (Phi) is 7.64. The summed E-state index contributed by atoms with van der Waals surface area (Å²) in [5, 5.41) is 2.53. The third kappa shape index (κ3) is 5.40. The molecule has 2 heteroatoms. The second kappa shape index (κ2) is 12.7. The standard InChI is InChI=1S/C53H42N2/c1-35-30-36(2)32-42(31-35)55-51-21-13-10-18-46(51)47-33-39(24-29-52(47)55)37-22-25-40(26-23-37)54(50-20-12-9-16-43(50)38-14-6-5-7-15-38)41-27-28-45-44-17-8-11-19-48(44)53(3,4)49(45)34-41/h5-34H,1-4H3. The lowest BCUT2D eigenvalue weighted by Gasteiger charge is -2.30. The van der Waals surface area contributed by atoms with E-state index in [4.69, 9.17) is 0 Å². The zero-order valence-corrected chi connectivity index (χ0v) is 31.7. The van der Waals surface area contributed by atoms with E-state index >= 15 is 0 Å². The number of hydrogen-bond acceptors (Lipinski definition) is 1. The molecule has 0 bridgehead atoms. The van der Waals surface area contributed by atoms with Crippen molar-refractivity contribution in [3.63, 3.8) is 0 Å². The van der Waals surface area contributed by atoms with Crippen LogP contribution >= 0.6 is 0 Å². The Morgan fingerprint density at radius 2 is 1.04 bits per heavy atom. The van der Waals surface area contributed by atoms with Gasteiger partial charge in [0.25, 0.3) is 0 Å². The lowest BCUT2D eigenvalue weighted by molar-refractivity contribution is 0.660. The SMILES string of the molecule is Cc1cc(C)cc(-n2c3ccccc3c3cc(-c4ccc(N(c5ccc6c(c5)C(C)(C)c5ccccc5-6)c5ccccc5-c5ccccc5)cc4)ccc32)c1. The molecule has 0 radical (unpaired) electrons. The molecule has 2 nitrogen and oxygen atoms in total. The minimum absolute atomic E-state index is 0.101. The van der Waals surface area contributed by atoms with E-state index in [0.717, 1.165) is 17.1 Å². The van der Waals surface area contributed by atoms with Crippen molar-refractivity contribution >= 4 is 38.9 Å². The monoisotopic (exact) mass is 706 g/mol. The number of fused-ring (bicyclic) bond motifs is 6. The molecule has 1 heterocycles. The minimum Gasteiger partial charge on any atom is -0.310 e. The van der Waals surface area contributed by atoms with Crippen LogP contribution < -0.4 is 4.90 Å². The first-order chi connectivity index (χ1) is 26.8. The Bertz CT molecular complexity index is 2890. The van der Waals surface area contributed by atoms with Crippen molar-refractivity contribution in [2.45, 2.75) is 33.1 Å². The highest BCUT2D eigenvalue weighted by Gasteiger charge is 2.36. The number of anilines is 3. The molecule has 8 aromatic carbocycles. The lowest BCUT2D eigenvalue weighted by atomic mass is 9.82. The van der Waals surface area contributed by atoms with Gasteiger partial charge in [0.05, 0.1) is 16.7 Å². The van der Waals surface area contributed by atoms with Gasteiger partial charge in [0.1, 0.15) is 0 Å². The quantitative estimate of drug-likeness (QED) is 0.167. The fourth-order valence-corrected chi connectivity index (χ4v) is 9.10. The smallest absolute Gasteiger partial charge is 0.0541 e. The first-order valence-electron chi connectivity index (χ1n) is 19.3. The van der Waals surface area contributed by atoms with Gasteiger partial charge in [0.2, 0.25) is 0 Å². The van der Waals surface area contributed by atoms with Gasteiger partial charge in [-0.05, 0) is 125 Å². The third-order valence-corrected chi connectivity index (χ3v) is 11.7. The first-order valence-corrected chi connectivity index (χ1v) is 19.3. The summed E-state index contributed by atoms with van der Waals surface area (Å²) in [4.78, 5) is 2.44. The average Bonchev–Trinajstić information content (AvgIpc) is 3.66. The number of benzene rings is 8. The number of aromatic nitrogens is 1. The Labute approximate surface area is 323 Å². The molecule has 0 aliphatic heterocycles. The van der Waals surface area contributed by atoms with Crippen molar-refractivity contribution in [2.75, 3.05) is 4.90 Å². The lowest BCUT2D eigenvalue weighted by Crippen LogP contribution is -2.16. The summed E-state index contributed by atoms with van der Waals surface area (Å²) in [6, 6.07) is 67.1. The summed E-state index contributed by atoms with van der Waals surface area (Å²) >= 11 is 0. The van der Waals surface area contributed by atoms with Crippen molar-refractivity contribution in [3.05, 3.63) is 204 Å². The summed E-state index contributed by atoms with van der Waals surface area (Å²) in [5.74, 6) is 0. The maximum Gasteiger partial charge on any atom is 0.0541 e. The predicted octanol–water partition coefficient (Wildman–Crippen LogP) is 14.5. The van der Waals surface area contributed by atoms with Crippen molar-refractivity contribution in [1.29, 1.82) is 0 Å². The summed E-state index contributed by atoms with van der Waals surface area (Å²) in [6.45, 7) is 9.07. The first kappa shape index (κ1) is 33.0. The molecule has 0 unspecified atom stereocenters. The van der Waals surface area contributed by atoms with E-state index in [1.54, 1.807) is 0 Å². The third-order valence-electron chi connectivity index (χ3n) is 11.7. The second-order valence-corrected chi connectivity index (χ2v) is 15.6. The van der Waals surface area contributed by atoms with Crippen molar-refractivity contribution in [3.8, 4) is 39.1 Å². The highest BCUT2D eigenvalue weighted by atomic mass is 15.1. The maximum absolute atomic E-state index is 2.44. The van der Waals surface area contributed by atoms with E-state index in [2.05, 4.69) is 219 Å². The van der Waals surface area contributed by atoms with Gasteiger partial charge < -0.3 is 9.47 Å². The zero-order valence-electron chi connectivity index (χ0n) is 31.7. The fraction of sp³-hybridized carbons (Fsp3) is 0.0943. The summed E-state index contributed by atoms with van der Waals surface area (Å²) in [6.07, 6.45) is 0. The predicted molar refractivity (Wildman–Crippen MR) is 233 cm³/mol. The molecule has 0 atom stereocenters. The molecular weight excluding hydrogens is 665 g/mol. The second-order valence-electron chi connectivity index (χ2n) is 15.6. The molecule has 9 aromatic rings. The van der Waals surface area contributed by atoms with E-state index in [9.17, 15) is 0 Å². The van der Waals surface area contributed by atoms with E-state index in [-0.39, 0.29) is 5.41 Å². The van der Waals surface area contributed by atoms with Crippen LogP contribution in [0.25, 0.3) is 60.9 Å². The van der Waals surface area contributed by atoms with Crippen LogP contribution in [0.15, 0.2) is 182 Å². The van der Waals surface area contributed by atoms with Gasteiger partial charge in [0, 0.05) is 38.8 Å². The molecule has 1 aliphatic rings. The Morgan fingerprint density at radius 3 is 1.84 bits per heavy atom. The zero-order chi connectivity index (χ0) is 37.3. The largest absolute Gasteiger partial charge is 0.310 e. The molecule has 0 N–H and O–H groups in total. The normalized spacial score (nSPS) is 12.9. The van der Waals surface area contributed by atoms with E-state index < -0.39 is 0 Å². The van der Waals surface area contributed by atoms with Gasteiger partial charge in [-0.1, -0.05) is 135 Å². The summed E-state index contributed by atoms with van der Waals surface area (Å²) in [5.41, 5.74) is 19.7. The highest BCUT2D eigenvalue weighted by Crippen LogP contribution is 2.51. The molecule has 1 aliphatic carbocycles. The summed E-state index contributed by atoms with van der Waals surface area (Å²) < 4.78 is 2.41. The van der Waals surface area contributed by atoms with Crippen LogP contribution in [-0.2, 0) is 5.41 Å².